The van der Waals surface area contributed by atoms with E-state index in [1.807, 2.05) is 0 Å². The van der Waals surface area contributed by atoms with Crippen LogP contribution in [0.5, 0.6) is 0 Å². The SMILES string of the molecule is COC(=O)c1nc(C(=O)O)c(C2CCCOC2)s1. The second-order valence-electron chi connectivity index (χ2n) is 3.94. The molecule has 18 heavy (non-hydrogen) atoms. The van der Waals surface area contributed by atoms with Gasteiger partial charge in [-0.2, -0.15) is 0 Å². The summed E-state index contributed by atoms with van der Waals surface area (Å²) in [5.74, 6) is -1.73. The lowest BCUT2D eigenvalue weighted by Gasteiger charge is -2.20. The largest absolute Gasteiger partial charge is 0.476 e. The van der Waals surface area contributed by atoms with Crippen molar-refractivity contribution in [1.29, 1.82) is 0 Å². The molecule has 2 heterocycles. The number of nitrogens with zero attached hydrogens (tertiary/aromatic N) is 1. The summed E-state index contributed by atoms with van der Waals surface area (Å²) in [6, 6.07) is 0. The summed E-state index contributed by atoms with van der Waals surface area (Å²) >= 11 is 1.08. The van der Waals surface area contributed by atoms with E-state index >= 15 is 0 Å². The summed E-state index contributed by atoms with van der Waals surface area (Å²) in [6.45, 7) is 1.17. The van der Waals surface area contributed by atoms with Crippen molar-refractivity contribution in [3.8, 4) is 0 Å². The van der Waals surface area contributed by atoms with Crippen molar-refractivity contribution >= 4 is 23.3 Å². The molecular formula is C11H13NO5S. The van der Waals surface area contributed by atoms with Crippen molar-refractivity contribution < 1.29 is 24.2 Å². The lowest BCUT2D eigenvalue weighted by molar-refractivity contribution is 0.0600. The number of aromatic carboxylic acids is 1. The highest BCUT2D eigenvalue weighted by atomic mass is 32.1. The minimum Gasteiger partial charge on any atom is -0.476 e. The topological polar surface area (TPSA) is 85.7 Å². The first-order valence-corrected chi connectivity index (χ1v) is 6.35. The van der Waals surface area contributed by atoms with Crippen molar-refractivity contribution in [3.63, 3.8) is 0 Å². The predicted molar refractivity (Wildman–Crippen MR) is 63.2 cm³/mol. The second kappa shape index (κ2) is 5.45. The molecule has 2 rings (SSSR count). The molecule has 1 aliphatic rings. The van der Waals surface area contributed by atoms with Gasteiger partial charge in [-0.25, -0.2) is 14.6 Å². The summed E-state index contributed by atoms with van der Waals surface area (Å²) in [4.78, 5) is 27.0. The Morgan fingerprint density at radius 1 is 1.56 bits per heavy atom. The number of carbonyl (C=O) groups excluding carboxylic acids is 1. The Bertz CT molecular complexity index is 464. The van der Waals surface area contributed by atoms with E-state index in [1.165, 1.54) is 7.11 Å². The highest BCUT2D eigenvalue weighted by Gasteiger charge is 2.28. The molecule has 1 aliphatic heterocycles. The van der Waals surface area contributed by atoms with Crippen LogP contribution in [0.1, 0.15) is 43.9 Å². The van der Waals surface area contributed by atoms with Gasteiger partial charge in [-0.1, -0.05) is 0 Å². The number of hydrogen-bond acceptors (Lipinski definition) is 6. The van der Waals surface area contributed by atoms with E-state index in [1.54, 1.807) is 0 Å². The standard InChI is InChI=1S/C11H13NO5S/c1-16-11(15)9-12-7(10(13)14)8(18-9)6-3-2-4-17-5-6/h6H,2-5H2,1H3,(H,13,14). The molecule has 1 N–H and O–H groups in total. The van der Waals surface area contributed by atoms with Gasteiger partial charge < -0.3 is 14.6 Å². The Hall–Kier alpha value is -1.47. The monoisotopic (exact) mass is 271 g/mol. The molecule has 1 aromatic rings. The highest BCUT2D eigenvalue weighted by Crippen LogP contribution is 2.33. The predicted octanol–water partition coefficient (Wildman–Crippen LogP) is 1.52. The molecule has 7 heteroatoms. The molecule has 0 radical (unpaired) electrons. The fraction of sp³-hybridized carbons (Fsp3) is 0.545. The minimum atomic E-state index is -1.12. The van der Waals surface area contributed by atoms with Gasteiger partial charge in [0.15, 0.2) is 5.69 Å². The molecule has 0 aromatic carbocycles. The molecule has 1 atom stereocenters. The van der Waals surface area contributed by atoms with Crippen LogP contribution in [0.25, 0.3) is 0 Å². The van der Waals surface area contributed by atoms with Gasteiger partial charge in [-0.05, 0) is 12.8 Å². The third kappa shape index (κ3) is 2.51. The number of hydrogen-bond donors (Lipinski definition) is 1. The fourth-order valence-electron chi connectivity index (χ4n) is 1.88. The fourth-order valence-corrected chi connectivity index (χ4v) is 2.98. The van der Waals surface area contributed by atoms with E-state index in [4.69, 9.17) is 9.84 Å². The molecule has 1 saturated heterocycles. The second-order valence-corrected chi connectivity index (χ2v) is 4.97. The molecule has 0 amide bonds. The molecule has 6 nitrogen and oxygen atoms in total. The van der Waals surface area contributed by atoms with E-state index in [2.05, 4.69) is 9.72 Å². The van der Waals surface area contributed by atoms with Crippen molar-refractivity contribution in [2.45, 2.75) is 18.8 Å². The van der Waals surface area contributed by atoms with Gasteiger partial charge in [0.05, 0.1) is 13.7 Å². The van der Waals surface area contributed by atoms with Gasteiger partial charge in [0.2, 0.25) is 5.01 Å². The number of methoxy groups -OCH3 is 1. The smallest absolute Gasteiger partial charge is 0.367 e. The number of ether oxygens (including phenoxy) is 2. The first-order chi connectivity index (χ1) is 8.63. The van der Waals surface area contributed by atoms with Crippen LogP contribution in [0.4, 0.5) is 0 Å². The highest BCUT2D eigenvalue weighted by molar-refractivity contribution is 7.13. The van der Waals surface area contributed by atoms with Crippen LogP contribution in [-0.2, 0) is 9.47 Å². The molecule has 98 valence electrons. The Labute approximate surface area is 108 Å². The zero-order chi connectivity index (χ0) is 13.1. The number of aromatic nitrogens is 1. The van der Waals surface area contributed by atoms with Crippen LogP contribution >= 0.6 is 11.3 Å². The summed E-state index contributed by atoms with van der Waals surface area (Å²) < 4.78 is 9.89. The molecule has 0 aliphatic carbocycles. The molecule has 1 aromatic heterocycles. The van der Waals surface area contributed by atoms with E-state index in [9.17, 15) is 9.59 Å². The normalized spacial score (nSPS) is 19.5. The number of esters is 1. The maximum absolute atomic E-state index is 11.4. The number of rotatable bonds is 3. The lowest BCUT2D eigenvalue weighted by atomic mass is 9.99. The zero-order valence-corrected chi connectivity index (χ0v) is 10.7. The maximum Gasteiger partial charge on any atom is 0.367 e. The van der Waals surface area contributed by atoms with Crippen LogP contribution in [0.3, 0.4) is 0 Å². The Kier molecular flexibility index (Phi) is 3.93. The minimum absolute atomic E-state index is 0.000700. The Morgan fingerprint density at radius 3 is 2.89 bits per heavy atom. The number of carboxylic acid groups (broad SMARTS) is 1. The van der Waals surface area contributed by atoms with Crippen LogP contribution in [0.15, 0.2) is 0 Å². The average Bonchev–Trinajstić information content (AvgIpc) is 2.84. The zero-order valence-electron chi connectivity index (χ0n) is 9.84. The van der Waals surface area contributed by atoms with Crippen LogP contribution in [0.2, 0.25) is 0 Å². The van der Waals surface area contributed by atoms with Gasteiger partial charge in [-0.3, -0.25) is 0 Å². The quantitative estimate of drug-likeness (QED) is 0.839. The summed E-state index contributed by atoms with van der Waals surface area (Å²) in [5, 5.41) is 9.19. The number of carboxylic acids is 1. The first kappa shape index (κ1) is 13.0. The van der Waals surface area contributed by atoms with Crippen molar-refractivity contribution in [2.24, 2.45) is 0 Å². The molecule has 1 unspecified atom stereocenters. The van der Waals surface area contributed by atoms with E-state index in [0.717, 1.165) is 24.2 Å². The summed E-state index contributed by atoms with van der Waals surface area (Å²) in [6.07, 6.45) is 1.73. The average molecular weight is 271 g/mol. The Balaban J connectivity index is 2.34. The molecule has 1 fully saturated rings. The van der Waals surface area contributed by atoms with E-state index < -0.39 is 11.9 Å². The first-order valence-electron chi connectivity index (χ1n) is 5.53. The van der Waals surface area contributed by atoms with Gasteiger partial charge in [0.1, 0.15) is 0 Å². The van der Waals surface area contributed by atoms with Gasteiger partial charge in [-0.15, -0.1) is 11.3 Å². The maximum atomic E-state index is 11.4. The van der Waals surface area contributed by atoms with Gasteiger partial charge in [0.25, 0.3) is 0 Å². The molecule has 0 bridgehead atoms. The van der Waals surface area contributed by atoms with Crippen molar-refractivity contribution in [1.82, 2.24) is 4.98 Å². The molecular weight excluding hydrogens is 258 g/mol. The number of carbonyl (C=O) groups is 2. The van der Waals surface area contributed by atoms with Crippen molar-refractivity contribution in [3.05, 3.63) is 15.6 Å². The van der Waals surface area contributed by atoms with Crippen LogP contribution in [0, 0.1) is 0 Å². The molecule has 0 spiro atoms. The summed E-state index contributed by atoms with van der Waals surface area (Å²) in [7, 11) is 1.24. The third-order valence-electron chi connectivity index (χ3n) is 2.75. The van der Waals surface area contributed by atoms with Crippen molar-refractivity contribution in [2.75, 3.05) is 20.3 Å². The number of thiazole rings is 1. The molecule has 0 saturated carbocycles. The van der Waals surface area contributed by atoms with E-state index in [0.29, 0.717) is 18.1 Å². The van der Waals surface area contributed by atoms with E-state index in [-0.39, 0.29) is 16.6 Å². The van der Waals surface area contributed by atoms with Crippen LogP contribution in [-0.4, -0.2) is 42.4 Å². The lowest BCUT2D eigenvalue weighted by Crippen LogP contribution is -2.16. The van der Waals surface area contributed by atoms with Crippen LogP contribution < -0.4 is 0 Å². The third-order valence-corrected chi connectivity index (χ3v) is 3.94. The van der Waals surface area contributed by atoms with Gasteiger partial charge in [0, 0.05) is 17.4 Å². The summed E-state index contributed by atoms with van der Waals surface area (Å²) in [5.41, 5.74) is -0.0594. The Morgan fingerprint density at radius 2 is 2.33 bits per heavy atom. The van der Waals surface area contributed by atoms with Gasteiger partial charge >= 0.3 is 11.9 Å².